The maximum absolute atomic E-state index is 14.3. The lowest BCUT2D eigenvalue weighted by Gasteiger charge is -2.39. The van der Waals surface area contributed by atoms with Crippen molar-refractivity contribution in [2.45, 2.75) is 31.2 Å². The molecule has 0 atom stereocenters. The summed E-state index contributed by atoms with van der Waals surface area (Å²) in [5.41, 5.74) is 3.16. The molecule has 4 aromatic rings. The zero-order valence-electron chi connectivity index (χ0n) is 19.9. The molecule has 5 rings (SSSR count). The molecule has 0 saturated heterocycles. The number of ether oxygens (including phenoxy) is 2. The molecule has 1 N–H and O–H groups in total. The smallest absolute Gasteiger partial charge is 0.235 e. The molecule has 0 bridgehead atoms. The van der Waals surface area contributed by atoms with Gasteiger partial charge in [0.25, 0.3) is 0 Å². The molecule has 4 heteroatoms. The van der Waals surface area contributed by atoms with Crippen molar-refractivity contribution in [2.24, 2.45) is 0 Å². The van der Waals surface area contributed by atoms with E-state index in [0.29, 0.717) is 13.0 Å². The number of benzene rings is 4. The summed E-state index contributed by atoms with van der Waals surface area (Å²) in [5, 5.41) is 3.24. The average Bonchev–Trinajstić information content (AvgIpc) is 2.92. The molecule has 176 valence electrons. The van der Waals surface area contributed by atoms with Gasteiger partial charge in [-0.3, -0.25) is 4.79 Å². The van der Waals surface area contributed by atoms with Crippen LogP contribution in [0.1, 0.15) is 35.1 Å². The molecule has 0 unspecified atom stereocenters. The minimum atomic E-state index is -0.859. The highest BCUT2D eigenvalue weighted by molar-refractivity contribution is 5.94. The van der Waals surface area contributed by atoms with Crippen LogP contribution < -0.4 is 14.8 Å². The fourth-order valence-corrected chi connectivity index (χ4v) is 5.09. The largest absolute Gasteiger partial charge is 0.496 e. The van der Waals surface area contributed by atoms with Gasteiger partial charge in [-0.2, -0.15) is 0 Å². The van der Waals surface area contributed by atoms with Crippen molar-refractivity contribution >= 4 is 5.91 Å². The van der Waals surface area contributed by atoms with Crippen LogP contribution in [-0.4, -0.2) is 13.0 Å². The molecule has 1 amide bonds. The number of fused-ring (bicyclic) bond motifs is 2. The number of rotatable bonds is 8. The summed E-state index contributed by atoms with van der Waals surface area (Å²) in [6.45, 7) is 0.383. The SMILES string of the molecule is COc1ccccc1CNC(=O)C1(CCCc2ccccc2)c2ccccc2Oc2ccccc21. The van der Waals surface area contributed by atoms with Gasteiger partial charge in [-0.05, 0) is 43.0 Å². The first kappa shape index (κ1) is 22.7. The Morgan fingerprint density at radius 3 is 2.09 bits per heavy atom. The van der Waals surface area contributed by atoms with Crippen LogP contribution in [0.5, 0.6) is 17.2 Å². The Balaban J connectivity index is 1.53. The van der Waals surface area contributed by atoms with E-state index >= 15 is 0 Å². The van der Waals surface area contributed by atoms with E-state index < -0.39 is 5.41 Å². The number of methoxy groups -OCH3 is 1. The fraction of sp³-hybridized carbons (Fsp3) is 0.194. The second kappa shape index (κ2) is 10.1. The lowest BCUT2D eigenvalue weighted by Crippen LogP contribution is -2.46. The minimum Gasteiger partial charge on any atom is -0.496 e. The predicted molar refractivity (Wildman–Crippen MR) is 138 cm³/mol. The normalized spacial score (nSPS) is 13.2. The third kappa shape index (κ3) is 4.40. The summed E-state index contributed by atoms with van der Waals surface area (Å²) in [4.78, 5) is 14.3. The highest BCUT2D eigenvalue weighted by atomic mass is 16.5. The third-order valence-corrected chi connectivity index (χ3v) is 6.79. The fourth-order valence-electron chi connectivity index (χ4n) is 5.09. The topological polar surface area (TPSA) is 47.6 Å². The first-order valence-corrected chi connectivity index (χ1v) is 12.0. The Labute approximate surface area is 206 Å². The number of aryl methyl sites for hydroxylation is 1. The molecule has 0 aromatic heterocycles. The van der Waals surface area contributed by atoms with Crippen molar-refractivity contribution in [3.8, 4) is 17.2 Å². The molecule has 4 nitrogen and oxygen atoms in total. The molecule has 1 aliphatic rings. The van der Waals surface area contributed by atoms with Crippen LogP contribution in [0.3, 0.4) is 0 Å². The minimum absolute atomic E-state index is 0.0281. The number of hydrogen-bond acceptors (Lipinski definition) is 3. The molecular formula is C31H29NO3. The van der Waals surface area contributed by atoms with Crippen LogP contribution >= 0.6 is 0 Å². The number of para-hydroxylation sites is 3. The van der Waals surface area contributed by atoms with Gasteiger partial charge in [0.05, 0.1) is 7.11 Å². The second-order valence-electron chi connectivity index (χ2n) is 8.83. The standard InChI is InChI=1S/C31H29NO3/c1-34-27-18-8-5-15-24(27)22-32-30(33)31(21-11-14-23-12-3-2-4-13-23)25-16-6-9-19-28(25)35-29-20-10-7-17-26(29)31/h2-10,12-13,15-20H,11,14,21-22H2,1H3,(H,32,33). The van der Waals surface area contributed by atoms with Gasteiger partial charge in [0.15, 0.2) is 0 Å². The van der Waals surface area contributed by atoms with Crippen LogP contribution in [0.25, 0.3) is 0 Å². The number of carbonyl (C=O) groups is 1. The van der Waals surface area contributed by atoms with E-state index in [1.165, 1.54) is 5.56 Å². The average molecular weight is 464 g/mol. The highest BCUT2D eigenvalue weighted by Crippen LogP contribution is 2.50. The van der Waals surface area contributed by atoms with Crippen molar-refractivity contribution in [3.63, 3.8) is 0 Å². The van der Waals surface area contributed by atoms with E-state index in [-0.39, 0.29) is 5.91 Å². The van der Waals surface area contributed by atoms with Gasteiger partial charge in [0.1, 0.15) is 22.7 Å². The van der Waals surface area contributed by atoms with E-state index in [2.05, 4.69) is 29.6 Å². The first-order chi connectivity index (χ1) is 17.2. The number of hydrogen-bond donors (Lipinski definition) is 1. The van der Waals surface area contributed by atoms with Gasteiger partial charge < -0.3 is 14.8 Å². The van der Waals surface area contributed by atoms with Gasteiger partial charge in [-0.25, -0.2) is 0 Å². The Bertz CT molecular complexity index is 1270. The van der Waals surface area contributed by atoms with Crippen molar-refractivity contribution in [3.05, 3.63) is 125 Å². The molecule has 0 saturated carbocycles. The molecule has 1 heterocycles. The zero-order valence-corrected chi connectivity index (χ0v) is 19.9. The van der Waals surface area contributed by atoms with Crippen molar-refractivity contribution in [1.82, 2.24) is 5.32 Å². The van der Waals surface area contributed by atoms with E-state index in [1.807, 2.05) is 78.9 Å². The van der Waals surface area contributed by atoms with Gasteiger partial charge >= 0.3 is 0 Å². The summed E-state index contributed by atoms with van der Waals surface area (Å²) < 4.78 is 11.8. The van der Waals surface area contributed by atoms with E-state index in [4.69, 9.17) is 9.47 Å². The predicted octanol–water partition coefficient (Wildman–Crippen LogP) is 6.43. The Morgan fingerprint density at radius 2 is 1.40 bits per heavy atom. The molecular weight excluding hydrogens is 434 g/mol. The molecule has 1 aliphatic heterocycles. The van der Waals surface area contributed by atoms with Crippen LogP contribution in [0.15, 0.2) is 103 Å². The monoisotopic (exact) mass is 463 g/mol. The summed E-state index contributed by atoms with van der Waals surface area (Å²) in [6.07, 6.45) is 2.42. The zero-order chi connectivity index (χ0) is 24.1. The number of nitrogens with one attached hydrogen (secondary N) is 1. The molecule has 0 aliphatic carbocycles. The van der Waals surface area contributed by atoms with Crippen LogP contribution in [0.2, 0.25) is 0 Å². The van der Waals surface area contributed by atoms with E-state index in [0.717, 1.165) is 46.8 Å². The quantitative estimate of drug-likeness (QED) is 0.328. The lowest BCUT2D eigenvalue weighted by atomic mass is 9.68. The highest BCUT2D eigenvalue weighted by Gasteiger charge is 2.47. The Morgan fingerprint density at radius 1 is 0.800 bits per heavy atom. The number of carbonyl (C=O) groups excluding carboxylic acids is 1. The molecule has 4 aromatic carbocycles. The maximum atomic E-state index is 14.3. The molecule has 0 spiro atoms. The number of amides is 1. The molecule has 0 radical (unpaired) electrons. The van der Waals surface area contributed by atoms with Crippen molar-refractivity contribution in [1.29, 1.82) is 0 Å². The summed E-state index contributed by atoms with van der Waals surface area (Å²) in [5.74, 6) is 2.20. The third-order valence-electron chi connectivity index (χ3n) is 6.79. The van der Waals surface area contributed by atoms with Gasteiger partial charge in [0.2, 0.25) is 5.91 Å². The lowest BCUT2D eigenvalue weighted by molar-refractivity contribution is -0.126. The van der Waals surface area contributed by atoms with Gasteiger partial charge in [-0.1, -0.05) is 84.9 Å². The Kier molecular flexibility index (Phi) is 6.53. The van der Waals surface area contributed by atoms with Gasteiger partial charge in [0, 0.05) is 23.2 Å². The van der Waals surface area contributed by atoms with Crippen molar-refractivity contribution in [2.75, 3.05) is 7.11 Å². The van der Waals surface area contributed by atoms with Gasteiger partial charge in [-0.15, -0.1) is 0 Å². The van der Waals surface area contributed by atoms with E-state index in [9.17, 15) is 4.79 Å². The molecule has 35 heavy (non-hydrogen) atoms. The van der Waals surface area contributed by atoms with Crippen molar-refractivity contribution < 1.29 is 14.3 Å². The summed E-state index contributed by atoms with van der Waals surface area (Å²) in [6, 6.07) is 34.0. The second-order valence-corrected chi connectivity index (χ2v) is 8.83. The summed E-state index contributed by atoms with van der Waals surface area (Å²) in [7, 11) is 1.65. The Hall–Kier alpha value is -4.05. The van der Waals surface area contributed by atoms with E-state index in [1.54, 1.807) is 7.11 Å². The van der Waals surface area contributed by atoms with Crippen LogP contribution in [-0.2, 0) is 23.2 Å². The summed E-state index contributed by atoms with van der Waals surface area (Å²) >= 11 is 0. The van der Waals surface area contributed by atoms with Crippen LogP contribution in [0.4, 0.5) is 0 Å². The maximum Gasteiger partial charge on any atom is 0.235 e. The van der Waals surface area contributed by atoms with Crippen LogP contribution in [0, 0.1) is 0 Å². The first-order valence-electron chi connectivity index (χ1n) is 12.0. The molecule has 0 fully saturated rings.